The molecule has 1 unspecified atom stereocenters. The fraction of sp³-hybridized carbons (Fsp3) is 0.778. The minimum absolute atomic E-state index is 0.164. The monoisotopic (exact) mass is 234 g/mol. The Morgan fingerprint density at radius 2 is 1.75 bits per heavy atom. The number of rotatable bonds is 5. The van der Waals surface area contributed by atoms with Crippen molar-refractivity contribution in [1.82, 2.24) is 0 Å². The minimum atomic E-state index is -1.14. The van der Waals surface area contributed by atoms with Gasteiger partial charge < -0.3 is 23.7 Å². The van der Waals surface area contributed by atoms with E-state index in [0.29, 0.717) is 0 Å². The number of hydrogen-bond acceptors (Lipinski definition) is 7. The van der Waals surface area contributed by atoms with Crippen molar-refractivity contribution in [3.63, 3.8) is 0 Å². The first-order valence-electron chi connectivity index (χ1n) is 4.57. The molecule has 7 nitrogen and oxygen atoms in total. The van der Waals surface area contributed by atoms with Crippen molar-refractivity contribution in [3.8, 4) is 0 Å². The maximum absolute atomic E-state index is 11.5. The molecule has 0 spiro atoms. The van der Waals surface area contributed by atoms with Gasteiger partial charge in [-0.05, 0) is 0 Å². The Bertz CT molecular complexity index is 254. The molecule has 0 N–H and O–H groups in total. The highest BCUT2D eigenvalue weighted by molar-refractivity contribution is 5.78. The Hall–Kier alpha value is -1.18. The third kappa shape index (κ3) is 2.31. The highest BCUT2D eigenvalue weighted by Crippen LogP contribution is 2.23. The number of methoxy groups -OCH3 is 3. The lowest BCUT2D eigenvalue weighted by Gasteiger charge is -2.37. The molecule has 0 radical (unpaired) electrons. The van der Waals surface area contributed by atoms with Crippen LogP contribution in [0.2, 0.25) is 0 Å². The number of hydrogen-bond donors (Lipinski definition) is 0. The lowest BCUT2D eigenvalue weighted by Crippen LogP contribution is -2.58. The molecule has 1 rings (SSSR count). The van der Waals surface area contributed by atoms with Crippen LogP contribution in [0.25, 0.3) is 0 Å². The average molecular weight is 234 g/mol. The first kappa shape index (κ1) is 12.9. The summed E-state index contributed by atoms with van der Waals surface area (Å²) >= 11 is 0. The number of carbonyl (C=O) groups excluding carboxylic acids is 2. The second kappa shape index (κ2) is 5.78. The zero-order valence-corrected chi connectivity index (χ0v) is 9.24. The fourth-order valence-corrected chi connectivity index (χ4v) is 1.59. The van der Waals surface area contributed by atoms with E-state index in [2.05, 4.69) is 4.74 Å². The van der Waals surface area contributed by atoms with E-state index in [1.807, 2.05) is 0 Å². The van der Waals surface area contributed by atoms with E-state index in [0.717, 1.165) is 0 Å². The van der Waals surface area contributed by atoms with Crippen molar-refractivity contribution in [2.24, 2.45) is 0 Å². The summed E-state index contributed by atoms with van der Waals surface area (Å²) < 4.78 is 24.6. The number of carbonyl (C=O) groups is 2. The molecule has 0 aromatic rings. The summed E-state index contributed by atoms with van der Waals surface area (Å²) in [6.07, 6.45) is -3.44. The summed E-state index contributed by atoms with van der Waals surface area (Å²) in [5.41, 5.74) is 0. The lowest BCUT2D eigenvalue weighted by atomic mass is 10.0. The van der Waals surface area contributed by atoms with E-state index in [1.54, 1.807) is 0 Å². The normalized spacial score (nSPS) is 34.3. The van der Waals surface area contributed by atoms with Gasteiger partial charge in [-0.25, -0.2) is 4.79 Å². The minimum Gasteiger partial charge on any atom is -0.450 e. The van der Waals surface area contributed by atoms with Gasteiger partial charge in [-0.2, -0.15) is 0 Å². The molecule has 0 bridgehead atoms. The molecule has 92 valence electrons. The lowest BCUT2D eigenvalue weighted by molar-refractivity contribution is -0.259. The molecular weight excluding hydrogens is 220 g/mol. The molecule has 1 aliphatic heterocycles. The van der Waals surface area contributed by atoms with Crippen LogP contribution in [0.15, 0.2) is 0 Å². The summed E-state index contributed by atoms with van der Waals surface area (Å²) in [5.74, 6) is -0.723. The van der Waals surface area contributed by atoms with Crippen molar-refractivity contribution in [2.75, 3.05) is 21.3 Å². The van der Waals surface area contributed by atoms with E-state index >= 15 is 0 Å². The van der Waals surface area contributed by atoms with Gasteiger partial charge in [0.2, 0.25) is 12.4 Å². The molecule has 1 heterocycles. The topological polar surface area (TPSA) is 80.3 Å². The molecule has 1 fully saturated rings. The van der Waals surface area contributed by atoms with E-state index in [1.165, 1.54) is 21.3 Å². The zero-order chi connectivity index (χ0) is 12.1. The summed E-state index contributed by atoms with van der Waals surface area (Å²) in [6, 6.07) is 0. The molecule has 1 saturated heterocycles. The SMILES string of the molecule is COC1OC(=O)[C@@H](OC=O)[C@@H](OC)[C@@H]1OC. The van der Waals surface area contributed by atoms with Crippen LogP contribution in [0.1, 0.15) is 0 Å². The quantitative estimate of drug-likeness (QED) is 0.450. The predicted molar refractivity (Wildman–Crippen MR) is 49.4 cm³/mol. The molecule has 16 heavy (non-hydrogen) atoms. The molecular formula is C9H14O7. The van der Waals surface area contributed by atoms with Crippen LogP contribution in [0.5, 0.6) is 0 Å². The van der Waals surface area contributed by atoms with E-state index in [-0.39, 0.29) is 6.47 Å². The number of ether oxygens (including phenoxy) is 5. The van der Waals surface area contributed by atoms with Gasteiger partial charge in [0, 0.05) is 21.3 Å². The van der Waals surface area contributed by atoms with Gasteiger partial charge in [0.1, 0.15) is 12.2 Å². The van der Waals surface area contributed by atoms with Crippen molar-refractivity contribution in [1.29, 1.82) is 0 Å². The van der Waals surface area contributed by atoms with Crippen molar-refractivity contribution >= 4 is 12.4 Å². The molecule has 4 atom stereocenters. The first-order chi connectivity index (χ1) is 7.69. The third-order valence-electron chi connectivity index (χ3n) is 2.33. The van der Waals surface area contributed by atoms with Gasteiger partial charge in [0.25, 0.3) is 6.47 Å². The Labute approximate surface area is 92.5 Å². The largest absolute Gasteiger partial charge is 0.450 e. The Balaban J connectivity index is 2.87. The van der Waals surface area contributed by atoms with Crippen LogP contribution in [-0.4, -0.2) is 58.4 Å². The van der Waals surface area contributed by atoms with Crippen LogP contribution in [0.3, 0.4) is 0 Å². The number of cyclic esters (lactones) is 1. The summed E-state index contributed by atoms with van der Waals surface area (Å²) in [6.45, 7) is 0.164. The van der Waals surface area contributed by atoms with Gasteiger partial charge in [0.15, 0.2) is 0 Å². The predicted octanol–water partition coefficient (Wildman–Crippen LogP) is -0.913. The molecule has 0 aromatic heterocycles. The van der Waals surface area contributed by atoms with E-state index in [4.69, 9.17) is 18.9 Å². The Morgan fingerprint density at radius 3 is 2.19 bits per heavy atom. The summed E-state index contributed by atoms with van der Waals surface area (Å²) in [7, 11) is 4.17. The molecule has 0 saturated carbocycles. The highest BCUT2D eigenvalue weighted by Gasteiger charge is 2.48. The van der Waals surface area contributed by atoms with E-state index in [9.17, 15) is 9.59 Å². The Morgan fingerprint density at radius 1 is 1.12 bits per heavy atom. The van der Waals surface area contributed by atoms with Crippen LogP contribution in [-0.2, 0) is 33.3 Å². The fourth-order valence-electron chi connectivity index (χ4n) is 1.59. The molecule has 0 aromatic carbocycles. The zero-order valence-electron chi connectivity index (χ0n) is 9.24. The van der Waals surface area contributed by atoms with Gasteiger partial charge in [-0.1, -0.05) is 0 Å². The van der Waals surface area contributed by atoms with Gasteiger partial charge in [-0.3, -0.25) is 4.79 Å². The van der Waals surface area contributed by atoms with Crippen LogP contribution < -0.4 is 0 Å². The van der Waals surface area contributed by atoms with Crippen molar-refractivity contribution in [2.45, 2.75) is 24.6 Å². The second-order valence-electron chi connectivity index (χ2n) is 3.09. The smallest absolute Gasteiger partial charge is 0.352 e. The van der Waals surface area contributed by atoms with Crippen molar-refractivity contribution in [3.05, 3.63) is 0 Å². The van der Waals surface area contributed by atoms with Crippen LogP contribution in [0, 0.1) is 0 Å². The maximum Gasteiger partial charge on any atom is 0.352 e. The van der Waals surface area contributed by atoms with Crippen LogP contribution in [0.4, 0.5) is 0 Å². The molecule has 1 aliphatic rings. The van der Waals surface area contributed by atoms with Crippen LogP contribution >= 0.6 is 0 Å². The van der Waals surface area contributed by atoms with Gasteiger partial charge >= 0.3 is 5.97 Å². The first-order valence-corrected chi connectivity index (χ1v) is 4.57. The Kier molecular flexibility index (Phi) is 4.66. The number of esters is 1. The molecule has 0 aliphatic carbocycles. The maximum atomic E-state index is 11.5. The van der Waals surface area contributed by atoms with Gasteiger partial charge in [0.05, 0.1) is 0 Å². The highest BCUT2D eigenvalue weighted by atomic mass is 16.7. The average Bonchev–Trinajstić information content (AvgIpc) is 2.30. The van der Waals surface area contributed by atoms with Gasteiger partial charge in [-0.15, -0.1) is 0 Å². The molecule has 0 amide bonds. The summed E-state index contributed by atoms with van der Waals surface area (Å²) in [4.78, 5) is 21.7. The molecule has 7 heteroatoms. The third-order valence-corrected chi connectivity index (χ3v) is 2.33. The standard InChI is InChI=1S/C9H14O7/c1-12-5-6(15-4-10)8(11)16-9(14-3)7(5)13-2/h4-7,9H,1-3H3/t5-,6+,7+,9?/m1/s1. The van der Waals surface area contributed by atoms with E-state index < -0.39 is 30.6 Å². The van der Waals surface area contributed by atoms with Crippen molar-refractivity contribution < 1.29 is 33.3 Å². The second-order valence-corrected chi connectivity index (χ2v) is 3.09. The summed E-state index contributed by atoms with van der Waals surface area (Å²) in [5, 5.41) is 0.